The van der Waals surface area contributed by atoms with Crippen LogP contribution >= 0.6 is 11.6 Å². The molecule has 3 rings (SSSR count). The van der Waals surface area contributed by atoms with E-state index in [-0.39, 0.29) is 0 Å². The molecular formula is C16H19ClN2. The van der Waals surface area contributed by atoms with Crippen LogP contribution in [0.4, 0.5) is 5.69 Å². The number of fused-ring (bicyclic) bond motifs is 1. The summed E-state index contributed by atoms with van der Waals surface area (Å²) in [6.45, 7) is 4.67. The molecule has 2 nitrogen and oxygen atoms in total. The van der Waals surface area contributed by atoms with Gasteiger partial charge >= 0.3 is 0 Å². The molecule has 0 amide bonds. The highest BCUT2D eigenvalue weighted by molar-refractivity contribution is 6.31. The average Bonchev–Trinajstić information content (AvgIpc) is 2.68. The summed E-state index contributed by atoms with van der Waals surface area (Å²) >= 11 is 6.20. The van der Waals surface area contributed by atoms with Crippen LogP contribution < -0.4 is 5.32 Å². The van der Waals surface area contributed by atoms with Gasteiger partial charge in [-0.2, -0.15) is 0 Å². The van der Waals surface area contributed by atoms with E-state index in [1.165, 1.54) is 19.3 Å². The Hall–Kier alpha value is -1.28. The van der Waals surface area contributed by atoms with Crippen molar-refractivity contribution in [2.75, 3.05) is 5.32 Å². The molecule has 1 aromatic heterocycles. The molecule has 1 saturated carbocycles. The van der Waals surface area contributed by atoms with Crippen molar-refractivity contribution in [3.8, 4) is 0 Å². The van der Waals surface area contributed by atoms with Crippen molar-refractivity contribution in [1.82, 2.24) is 4.98 Å². The van der Waals surface area contributed by atoms with Gasteiger partial charge in [-0.05, 0) is 42.9 Å². The Labute approximate surface area is 119 Å². The zero-order valence-corrected chi connectivity index (χ0v) is 12.2. The summed E-state index contributed by atoms with van der Waals surface area (Å²) in [5.41, 5.74) is 2.52. The van der Waals surface area contributed by atoms with Crippen LogP contribution in [0.15, 0.2) is 30.5 Å². The lowest BCUT2D eigenvalue weighted by molar-refractivity contribution is 0.378. The molecule has 0 radical (unpaired) electrons. The molecule has 1 N–H and O–H groups in total. The van der Waals surface area contributed by atoms with Gasteiger partial charge in [0.2, 0.25) is 0 Å². The molecule has 1 aliphatic rings. The predicted octanol–water partition coefficient (Wildman–Crippen LogP) is 4.88. The summed E-state index contributed by atoms with van der Waals surface area (Å²) in [5.74, 6) is 0. The standard InChI is InChI=1S/C16H19ClN2/c1-16(2)6-5-13(10-16)19-14-9-12(17)8-11-4-3-7-18-15(11)14/h3-4,7-9,13,19H,5-6,10H2,1-2H3. The molecular weight excluding hydrogens is 256 g/mol. The predicted molar refractivity (Wildman–Crippen MR) is 81.8 cm³/mol. The Kier molecular flexibility index (Phi) is 3.14. The van der Waals surface area contributed by atoms with E-state index >= 15 is 0 Å². The lowest BCUT2D eigenvalue weighted by atomic mass is 9.92. The monoisotopic (exact) mass is 274 g/mol. The van der Waals surface area contributed by atoms with Gasteiger partial charge in [0.15, 0.2) is 0 Å². The highest BCUT2D eigenvalue weighted by atomic mass is 35.5. The lowest BCUT2D eigenvalue weighted by Gasteiger charge is -2.19. The first-order valence-electron chi connectivity index (χ1n) is 6.84. The molecule has 0 bridgehead atoms. The Balaban J connectivity index is 1.92. The number of hydrogen-bond donors (Lipinski definition) is 1. The number of rotatable bonds is 2. The zero-order valence-electron chi connectivity index (χ0n) is 11.4. The van der Waals surface area contributed by atoms with Gasteiger partial charge in [0.05, 0.1) is 11.2 Å². The maximum atomic E-state index is 6.20. The van der Waals surface area contributed by atoms with Crippen LogP contribution in [0.5, 0.6) is 0 Å². The van der Waals surface area contributed by atoms with Crippen LogP contribution in [0.2, 0.25) is 5.02 Å². The van der Waals surface area contributed by atoms with Gasteiger partial charge in [-0.1, -0.05) is 31.5 Å². The minimum absolute atomic E-state index is 0.444. The third kappa shape index (κ3) is 2.69. The zero-order chi connectivity index (χ0) is 13.5. The molecule has 3 heteroatoms. The summed E-state index contributed by atoms with van der Waals surface area (Å²) in [5, 5.41) is 5.49. The first-order valence-corrected chi connectivity index (χ1v) is 7.22. The van der Waals surface area contributed by atoms with E-state index in [4.69, 9.17) is 11.6 Å². The van der Waals surface area contributed by atoms with Crippen molar-refractivity contribution < 1.29 is 0 Å². The maximum Gasteiger partial charge on any atom is 0.0934 e. The minimum atomic E-state index is 0.444. The second-order valence-corrected chi connectivity index (χ2v) is 6.71. The molecule has 2 aromatic rings. The fourth-order valence-corrected chi connectivity index (χ4v) is 3.27. The maximum absolute atomic E-state index is 6.20. The Bertz CT molecular complexity index is 607. The van der Waals surface area contributed by atoms with E-state index in [9.17, 15) is 0 Å². The van der Waals surface area contributed by atoms with E-state index in [1.54, 1.807) is 0 Å². The number of pyridine rings is 1. The van der Waals surface area contributed by atoms with Gasteiger partial charge in [0, 0.05) is 22.6 Å². The molecule has 1 unspecified atom stereocenters. The molecule has 1 aromatic carbocycles. The lowest BCUT2D eigenvalue weighted by Crippen LogP contribution is -2.17. The SMILES string of the molecule is CC1(C)CCC(Nc2cc(Cl)cc3cccnc23)C1. The van der Waals surface area contributed by atoms with Gasteiger partial charge < -0.3 is 5.32 Å². The third-order valence-corrected chi connectivity index (χ3v) is 4.22. The van der Waals surface area contributed by atoms with Crippen LogP contribution in [0.1, 0.15) is 33.1 Å². The molecule has 0 spiro atoms. The fourth-order valence-electron chi connectivity index (χ4n) is 3.04. The molecule has 0 aliphatic heterocycles. The number of aromatic nitrogens is 1. The normalized spacial score (nSPS) is 21.7. The van der Waals surface area contributed by atoms with E-state index in [1.807, 2.05) is 24.4 Å². The third-order valence-electron chi connectivity index (χ3n) is 4.00. The summed E-state index contributed by atoms with van der Waals surface area (Å²) in [4.78, 5) is 4.48. The van der Waals surface area contributed by atoms with Crippen LogP contribution in [-0.4, -0.2) is 11.0 Å². The summed E-state index contributed by atoms with van der Waals surface area (Å²) in [7, 11) is 0. The van der Waals surface area contributed by atoms with E-state index < -0.39 is 0 Å². The minimum Gasteiger partial charge on any atom is -0.380 e. The molecule has 1 aliphatic carbocycles. The van der Waals surface area contributed by atoms with Gasteiger partial charge in [-0.3, -0.25) is 4.98 Å². The summed E-state index contributed by atoms with van der Waals surface area (Å²) < 4.78 is 0. The number of benzene rings is 1. The van der Waals surface area contributed by atoms with Crippen LogP contribution in [0.3, 0.4) is 0 Å². The van der Waals surface area contributed by atoms with Crippen molar-refractivity contribution in [3.05, 3.63) is 35.5 Å². The number of nitrogens with zero attached hydrogens (tertiary/aromatic N) is 1. The molecule has 100 valence electrons. The Morgan fingerprint density at radius 2 is 2.21 bits per heavy atom. The quantitative estimate of drug-likeness (QED) is 0.844. The first-order chi connectivity index (χ1) is 9.03. The highest BCUT2D eigenvalue weighted by Gasteiger charge is 2.31. The van der Waals surface area contributed by atoms with Crippen LogP contribution in [-0.2, 0) is 0 Å². The molecule has 1 heterocycles. The number of halogens is 1. The molecule has 0 saturated heterocycles. The molecule has 1 fully saturated rings. The van der Waals surface area contributed by atoms with E-state index in [0.29, 0.717) is 11.5 Å². The van der Waals surface area contributed by atoms with Gasteiger partial charge in [0.25, 0.3) is 0 Å². The largest absolute Gasteiger partial charge is 0.380 e. The van der Waals surface area contributed by atoms with Gasteiger partial charge in [-0.25, -0.2) is 0 Å². The van der Waals surface area contributed by atoms with E-state index in [0.717, 1.165) is 21.6 Å². The summed E-state index contributed by atoms with van der Waals surface area (Å²) in [6.07, 6.45) is 5.53. The second kappa shape index (κ2) is 4.68. The van der Waals surface area contributed by atoms with Gasteiger partial charge in [-0.15, -0.1) is 0 Å². The number of hydrogen-bond acceptors (Lipinski definition) is 2. The first kappa shape index (κ1) is 12.7. The fraction of sp³-hybridized carbons (Fsp3) is 0.438. The Morgan fingerprint density at radius 3 is 2.95 bits per heavy atom. The molecule has 19 heavy (non-hydrogen) atoms. The van der Waals surface area contributed by atoms with Crippen LogP contribution in [0.25, 0.3) is 10.9 Å². The summed E-state index contributed by atoms with van der Waals surface area (Å²) in [6, 6.07) is 8.48. The number of nitrogens with one attached hydrogen (secondary N) is 1. The highest BCUT2D eigenvalue weighted by Crippen LogP contribution is 2.39. The second-order valence-electron chi connectivity index (χ2n) is 6.28. The van der Waals surface area contributed by atoms with Crippen molar-refractivity contribution >= 4 is 28.2 Å². The van der Waals surface area contributed by atoms with Crippen LogP contribution in [0, 0.1) is 5.41 Å². The van der Waals surface area contributed by atoms with Crippen molar-refractivity contribution in [2.45, 2.75) is 39.2 Å². The van der Waals surface area contributed by atoms with Crippen molar-refractivity contribution in [2.24, 2.45) is 5.41 Å². The van der Waals surface area contributed by atoms with Crippen molar-refractivity contribution in [1.29, 1.82) is 0 Å². The van der Waals surface area contributed by atoms with E-state index in [2.05, 4.69) is 30.2 Å². The average molecular weight is 275 g/mol. The molecule has 1 atom stereocenters. The Morgan fingerprint density at radius 1 is 1.37 bits per heavy atom. The van der Waals surface area contributed by atoms with Gasteiger partial charge in [0.1, 0.15) is 0 Å². The number of anilines is 1. The smallest absolute Gasteiger partial charge is 0.0934 e. The topological polar surface area (TPSA) is 24.9 Å². The van der Waals surface area contributed by atoms with Crippen molar-refractivity contribution in [3.63, 3.8) is 0 Å².